The summed E-state index contributed by atoms with van der Waals surface area (Å²) in [6.45, 7) is 4.45. The first-order valence-corrected chi connectivity index (χ1v) is 9.14. The minimum atomic E-state index is -0.258. The minimum absolute atomic E-state index is 0.258. The average molecular weight is 334 g/mol. The lowest BCUT2D eigenvalue weighted by atomic mass is 9.87. The highest BCUT2D eigenvalue weighted by Gasteiger charge is 2.33. The summed E-state index contributed by atoms with van der Waals surface area (Å²) < 4.78 is 7.25. The Morgan fingerprint density at radius 2 is 2.16 bits per heavy atom. The van der Waals surface area contributed by atoms with Crippen LogP contribution in [0.3, 0.4) is 0 Å². The molecule has 3 aromatic rings. The summed E-state index contributed by atoms with van der Waals surface area (Å²) in [5, 5.41) is 1.26. The van der Waals surface area contributed by atoms with Crippen LogP contribution in [0.4, 0.5) is 5.69 Å². The van der Waals surface area contributed by atoms with Gasteiger partial charge in [-0.2, -0.15) is 0 Å². The largest absolute Gasteiger partial charge is 0.464 e. The van der Waals surface area contributed by atoms with Crippen LogP contribution >= 0.6 is 0 Å². The van der Waals surface area contributed by atoms with Gasteiger partial charge in [-0.25, -0.2) is 4.79 Å². The average Bonchev–Trinajstić information content (AvgIpc) is 3.00. The fourth-order valence-corrected chi connectivity index (χ4v) is 4.77. The first-order valence-electron chi connectivity index (χ1n) is 9.14. The van der Waals surface area contributed by atoms with Crippen molar-refractivity contribution in [3.05, 3.63) is 47.2 Å². The van der Waals surface area contributed by atoms with Gasteiger partial charge in [-0.1, -0.05) is 31.5 Å². The number of carbonyl (C=O) groups is 1. The number of carbonyl (C=O) groups excluding carboxylic acids is 1. The second kappa shape index (κ2) is 5.25. The highest BCUT2D eigenvalue weighted by Crippen LogP contribution is 2.43. The van der Waals surface area contributed by atoms with Gasteiger partial charge in [0.05, 0.1) is 23.8 Å². The zero-order valence-corrected chi connectivity index (χ0v) is 14.7. The first kappa shape index (κ1) is 14.8. The molecule has 4 nitrogen and oxygen atoms in total. The normalized spacial score (nSPS) is 18.8. The van der Waals surface area contributed by atoms with E-state index in [9.17, 15) is 4.79 Å². The van der Waals surface area contributed by atoms with Crippen LogP contribution in [-0.2, 0) is 17.6 Å². The van der Waals surface area contributed by atoms with Crippen LogP contribution in [0.2, 0.25) is 0 Å². The van der Waals surface area contributed by atoms with Crippen LogP contribution in [-0.4, -0.2) is 30.6 Å². The van der Waals surface area contributed by atoms with Gasteiger partial charge in [0.1, 0.15) is 5.69 Å². The van der Waals surface area contributed by atoms with Crippen molar-refractivity contribution in [1.82, 2.24) is 4.40 Å². The lowest BCUT2D eigenvalue weighted by Crippen LogP contribution is -2.39. The van der Waals surface area contributed by atoms with Crippen molar-refractivity contribution in [3.63, 3.8) is 0 Å². The van der Waals surface area contributed by atoms with E-state index in [0.29, 0.717) is 11.6 Å². The maximum Gasteiger partial charge on any atom is 0.355 e. The molecule has 4 heterocycles. The van der Waals surface area contributed by atoms with E-state index in [0.717, 1.165) is 31.4 Å². The van der Waals surface area contributed by atoms with E-state index in [1.54, 1.807) is 0 Å². The molecular formula is C21H22N2O2. The van der Waals surface area contributed by atoms with Crippen LogP contribution in [0, 0.1) is 5.92 Å². The molecule has 2 aliphatic rings. The molecule has 0 aliphatic carbocycles. The molecule has 0 bridgehead atoms. The molecule has 0 spiro atoms. The number of para-hydroxylation sites is 1. The van der Waals surface area contributed by atoms with Gasteiger partial charge in [0, 0.05) is 18.5 Å². The second-order valence-corrected chi connectivity index (χ2v) is 7.25. The summed E-state index contributed by atoms with van der Waals surface area (Å²) in [6, 6.07) is 10.5. The molecule has 0 N–H and O–H groups in total. The van der Waals surface area contributed by atoms with Gasteiger partial charge in [-0.15, -0.1) is 0 Å². The van der Waals surface area contributed by atoms with Gasteiger partial charge < -0.3 is 14.0 Å². The zero-order chi connectivity index (χ0) is 17.1. The third-order valence-electron chi connectivity index (χ3n) is 5.97. The Labute approximate surface area is 147 Å². The zero-order valence-electron chi connectivity index (χ0n) is 14.7. The molecule has 0 saturated heterocycles. The number of methoxy groups -OCH3 is 1. The Bertz CT molecular complexity index is 1020. The number of anilines is 1. The van der Waals surface area contributed by atoms with E-state index in [-0.39, 0.29) is 5.97 Å². The highest BCUT2D eigenvalue weighted by molar-refractivity contribution is 6.03. The van der Waals surface area contributed by atoms with E-state index >= 15 is 0 Å². The van der Waals surface area contributed by atoms with Crippen LogP contribution in [0.5, 0.6) is 0 Å². The Morgan fingerprint density at radius 3 is 2.96 bits per heavy atom. The number of benzene rings is 1. The van der Waals surface area contributed by atoms with Gasteiger partial charge in [-0.05, 0) is 42.0 Å². The molecule has 2 aromatic heterocycles. The maximum absolute atomic E-state index is 12.6. The fourth-order valence-electron chi connectivity index (χ4n) is 4.77. The fraction of sp³-hybridized carbons (Fsp3) is 0.381. The Kier molecular flexibility index (Phi) is 3.11. The number of nitrogens with zero attached hydrogens (tertiary/aromatic N) is 2. The number of pyridine rings is 1. The summed E-state index contributed by atoms with van der Waals surface area (Å²) in [5.41, 5.74) is 7.00. The molecule has 128 valence electrons. The monoisotopic (exact) mass is 334 g/mol. The number of ether oxygens (including phenoxy) is 1. The Balaban J connectivity index is 1.95. The number of rotatable bonds is 2. The third-order valence-corrected chi connectivity index (χ3v) is 5.97. The number of esters is 1. The van der Waals surface area contributed by atoms with Crippen LogP contribution in [0.1, 0.15) is 35.0 Å². The summed E-state index contributed by atoms with van der Waals surface area (Å²) in [4.78, 5) is 15.1. The number of aromatic nitrogens is 1. The highest BCUT2D eigenvalue weighted by atomic mass is 16.5. The van der Waals surface area contributed by atoms with Crippen LogP contribution in [0.15, 0.2) is 30.3 Å². The molecule has 25 heavy (non-hydrogen) atoms. The Morgan fingerprint density at radius 1 is 1.32 bits per heavy atom. The van der Waals surface area contributed by atoms with Gasteiger partial charge in [0.2, 0.25) is 0 Å². The predicted molar refractivity (Wildman–Crippen MR) is 99.6 cm³/mol. The molecule has 5 rings (SSSR count). The van der Waals surface area contributed by atoms with E-state index in [4.69, 9.17) is 4.74 Å². The molecule has 2 aliphatic heterocycles. The smallest absolute Gasteiger partial charge is 0.355 e. The number of fused-ring (bicyclic) bond motifs is 3. The third kappa shape index (κ3) is 1.91. The predicted octanol–water partition coefficient (Wildman–Crippen LogP) is 3.82. The van der Waals surface area contributed by atoms with Crippen LogP contribution in [0.25, 0.3) is 16.4 Å². The molecule has 1 aromatic carbocycles. The van der Waals surface area contributed by atoms with Crippen molar-refractivity contribution in [2.45, 2.75) is 26.2 Å². The van der Waals surface area contributed by atoms with E-state index in [1.807, 2.05) is 6.07 Å². The molecule has 4 heteroatoms. The molecule has 1 atom stereocenters. The SMILES string of the molecule is CCC1Cc2cc(C(=O)OC)n3c4c2N(CCc4c2ccccc23)C1. The van der Waals surface area contributed by atoms with Crippen molar-refractivity contribution in [2.24, 2.45) is 5.92 Å². The summed E-state index contributed by atoms with van der Waals surface area (Å²) >= 11 is 0. The van der Waals surface area contributed by atoms with Gasteiger partial charge >= 0.3 is 5.97 Å². The van der Waals surface area contributed by atoms with Crippen molar-refractivity contribution < 1.29 is 9.53 Å². The minimum Gasteiger partial charge on any atom is -0.464 e. The van der Waals surface area contributed by atoms with Crippen molar-refractivity contribution in [1.29, 1.82) is 0 Å². The molecule has 0 fully saturated rings. The maximum atomic E-state index is 12.6. The van der Waals surface area contributed by atoms with Crippen LogP contribution < -0.4 is 4.90 Å². The van der Waals surface area contributed by atoms with Crippen molar-refractivity contribution >= 4 is 28.1 Å². The molecule has 0 saturated carbocycles. The molecular weight excluding hydrogens is 312 g/mol. The lowest BCUT2D eigenvalue weighted by molar-refractivity contribution is 0.0592. The van der Waals surface area contributed by atoms with Gasteiger partial charge in [0.15, 0.2) is 0 Å². The lowest BCUT2D eigenvalue weighted by Gasteiger charge is -2.39. The molecule has 0 radical (unpaired) electrons. The van der Waals surface area contributed by atoms with Gasteiger partial charge in [-0.3, -0.25) is 0 Å². The van der Waals surface area contributed by atoms with Crippen molar-refractivity contribution in [3.8, 4) is 0 Å². The van der Waals surface area contributed by atoms with E-state index in [1.165, 1.54) is 41.2 Å². The summed E-state index contributed by atoms with van der Waals surface area (Å²) in [7, 11) is 1.47. The quantitative estimate of drug-likeness (QED) is 0.668. The summed E-state index contributed by atoms with van der Waals surface area (Å²) in [5.74, 6) is 0.400. The topological polar surface area (TPSA) is 34.0 Å². The van der Waals surface area contributed by atoms with Crippen molar-refractivity contribution in [2.75, 3.05) is 25.1 Å². The number of hydrogen-bond donors (Lipinski definition) is 0. The summed E-state index contributed by atoms with van der Waals surface area (Å²) in [6.07, 6.45) is 3.25. The first-order chi connectivity index (χ1) is 12.2. The van der Waals surface area contributed by atoms with Gasteiger partial charge in [0.25, 0.3) is 0 Å². The molecule has 1 unspecified atom stereocenters. The standard InChI is InChI=1S/C21H22N2O2/c1-3-13-10-14-11-18(21(24)25-2)23-17-7-5-4-6-15(17)16-8-9-22(12-13)19(14)20(16)23/h4-7,11,13H,3,8-10,12H2,1-2H3. The Hall–Kier alpha value is -2.49. The van der Waals surface area contributed by atoms with E-state index < -0.39 is 0 Å². The van der Waals surface area contributed by atoms with E-state index in [2.05, 4.69) is 40.5 Å². The second-order valence-electron chi connectivity index (χ2n) is 7.25. The number of hydrogen-bond acceptors (Lipinski definition) is 3. The molecule has 0 amide bonds.